The molecule has 0 saturated carbocycles. The molecule has 1 N–H and O–H groups in total. The molecule has 0 saturated heterocycles. The summed E-state index contributed by atoms with van der Waals surface area (Å²) in [6, 6.07) is 0. The largest absolute Gasteiger partial charge is 0.481 e. The Hall–Kier alpha value is -0.790. The third-order valence-electron chi connectivity index (χ3n) is 3.23. The second kappa shape index (κ2) is 12.7. The van der Waals surface area contributed by atoms with Crippen LogP contribution in [-0.4, -0.2) is 11.1 Å². The molecule has 2 heteroatoms. The number of hydrogen-bond donors (Lipinski definition) is 1. The van der Waals surface area contributed by atoms with Gasteiger partial charge in [0.25, 0.3) is 0 Å². The lowest BCUT2D eigenvalue weighted by atomic mass is 9.99. The van der Waals surface area contributed by atoms with Crippen LogP contribution in [0, 0.1) is 0 Å². The van der Waals surface area contributed by atoms with Crippen LogP contribution in [0.25, 0.3) is 0 Å². The van der Waals surface area contributed by atoms with Crippen LogP contribution in [0.2, 0.25) is 0 Å². The second-order valence-corrected chi connectivity index (χ2v) is 5.06. The van der Waals surface area contributed by atoms with Crippen molar-refractivity contribution in [3.05, 3.63) is 11.6 Å². The van der Waals surface area contributed by atoms with Gasteiger partial charge in [-0.25, -0.2) is 0 Å². The minimum atomic E-state index is -0.679. The fourth-order valence-corrected chi connectivity index (χ4v) is 2.09. The summed E-state index contributed by atoms with van der Waals surface area (Å²) in [4.78, 5) is 10.4. The Morgan fingerprint density at radius 2 is 1.44 bits per heavy atom. The Balaban J connectivity index is 3.91. The molecule has 0 aromatic heterocycles. The van der Waals surface area contributed by atoms with Gasteiger partial charge in [-0.1, -0.05) is 51.2 Å². The molecule has 0 aliphatic carbocycles. The van der Waals surface area contributed by atoms with E-state index in [1.807, 2.05) is 0 Å². The van der Waals surface area contributed by atoms with E-state index in [2.05, 4.69) is 19.9 Å². The predicted molar refractivity (Wildman–Crippen MR) is 77.9 cm³/mol. The normalized spacial score (nSPS) is 10.3. The van der Waals surface area contributed by atoms with Crippen LogP contribution in [-0.2, 0) is 4.79 Å². The topological polar surface area (TPSA) is 37.3 Å². The third kappa shape index (κ3) is 11.7. The van der Waals surface area contributed by atoms with Crippen LogP contribution in [0.15, 0.2) is 11.6 Å². The van der Waals surface area contributed by atoms with Gasteiger partial charge in [0, 0.05) is 6.42 Å². The number of aliphatic carboxylic acids is 1. The number of carbonyl (C=O) groups is 1. The van der Waals surface area contributed by atoms with E-state index in [0.29, 0.717) is 6.42 Å². The molecule has 0 aliphatic heterocycles. The summed E-state index contributed by atoms with van der Waals surface area (Å²) in [6.45, 7) is 4.46. The fraction of sp³-hybridized carbons (Fsp3) is 0.812. The van der Waals surface area contributed by atoms with Crippen LogP contribution >= 0.6 is 0 Å². The summed E-state index contributed by atoms with van der Waals surface area (Å²) in [5.41, 5.74) is 1.56. The van der Waals surface area contributed by atoms with Crippen LogP contribution in [0.3, 0.4) is 0 Å². The molecular weight excluding hydrogens is 224 g/mol. The summed E-state index contributed by atoms with van der Waals surface area (Å²) in [6.07, 6.45) is 14.4. The SMILES string of the molecule is CCCCCC(=CCCCC(=O)O)CCCCC. The Bertz CT molecular complexity index is 219. The number of hydrogen-bond acceptors (Lipinski definition) is 1. The minimum absolute atomic E-state index is 0.299. The van der Waals surface area contributed by atoms with E-state index in [9.17, 15) is 4.79 Å². The lowest BCUT2D eigenvalue weighted by Crippen LogP contribution is -1.93. The molecule has 0 aliphatic rings. The first-order valence-corrected chi connectivity index (χ1v) is 7.60. The highest BCUT2D eigenvalue weighted by Gasteiger charge is 1.99. The number of unbranched alkanes of at least 4 members (excludes halogenated alkanes) is 5. The van der Waals surface area contributed by atoms with Crippen molar-refractivity contribution < 1.29 is 9.90 Å². The summed E-state index contributed by atoms with van der Waals surface area (Å²) in [7, 11) is 0. The Morgan fingerprint density at radius 1 is 0.889 bits per heavy atom. The molecule has 2 nitrogen and oxygen atoms in total. The van der Waals surface area contributed by atoms with Gasteiger partial charge in [0.2, 0.25) is 0 Å². The molecule has 0 unspecified atom stereocenters. The van der Waals surface area contributed by atoms with E-state index in [4.69, 9.17) is 5.11 Å². The first-order chi connectivity index (χ1) is 8.70. The average Bonchev–Trinajstić information content (AvgIpc) is 2.34. The van der Waals surface area contributed by atoms with E-state index in [1.165, 1.54) is 51.4 Å². The summed E-state index contributed by atoms with van der Waals surface area (Å²) in [5, 5.41) is 8.60. The maximum atomic E-state index is 10.4. The molecular formula is C16H30O2. The molecule has 0 heterocycles. The van der Waals surface area contributed by atoms with Crippen LogP contribution in [0.4, 0.5) is 0 Å². The molecule has 0 bridgehead atoms. The molecule has 0 fully saturated rings. The molecule has 106 valence electrons. The maximum absolute atomic E-state index is 10.4. The van der Waals surface area contributed by atoms with Gasteiger partial charge in [0.15, 0.2) is 0 Å². The van der Waals surface area contributed by atoms with Crippen LogP contribution < -0.4 is 0 Å². The Kier molecular flexibility index (Phi) is 12.1. The molecule has 0 rings (SSSR count). The van der Waals surface area contributed by atoms with Crippen molar-refractivity contribution in [3.63, 3.8) is 0 Å². The molecule has 0 atom stereocenters. The van der Waals surface area contributed by atoms with Gasteiger partial charge in [-0.2, -0.15) is 0 Å². The lowest BCUT2D eigenvalue weighted by molar-refractivity contribution is -0.137. The van der Waals surface area contributed by atoms with E-state index < -0.39 is 5.97 Å². The number of allylic oxidation sites excluding steroid dienone is 2. The Morgan fingerprint density at radius 3 is 1.89 bits per heavy atom. The van der Waals surface area contributed by atoms with Crippen molar-refractivity contribution in [1.29, 1.82) is 0 Å². The van der Waals surface area contributed by atoms with Crippen molar-refractivity contribution in [1.82, 2.24) is 0 Å². The van der Waals surface area contributed by atoms with Crippen molar-refractivity contribution >= 4 is 5.97 Å². The predicted octanol–water partition coefficient (Wildman–Crippen LogP) is 5.33. The summed E-state index contributed by atoms with van der Waals surface area (Å²) >= 11 is 0. The van der Waals surface area contributed by atoms with Crippen LogP contribution in [0.5, 0.6) is 0 Å². The molecule has 0 aromatic carbocycles. The minimum Gasteiger partial charge on any atom is -0.481 e. The second-order valence-electron chi connectivity index (χ2n) is 5.06. The highest BCUT2D eigenvalue weighted by atomic mass is 16.4. The molecule has 0 aromatic rings. The monoisotopic (exact) mass is 254 g/mol. The van der Waals surface area contributed by atoms with Gasteiger partial charge in [-0.3, -0.25) is 4.79 Å². The van der Waals surface area contributed by atoms with Crippen LogP contribution in [0.1, 0.15) is 84.5 Å². The van der Waals surface area contributed by atoms with Gasteiger partial charge in [0.1, 0.15) is 0 Å². The summed E-state index contributed by atoms with van der Waals surface area (Å²) in [5.74, 6) is -0.679. The van der Waals surface area contributed by atoms with Crippen molar-refractivity contribution in [3.8, 4) is 0 Å². The number of rotatable bonds is 12. The zero-order chi connectivity index (χ0) is 13.6. The van der Waals surface area contributed by atoms with Gasteiger partial charge in [-0.05, 0) is 38.5 Å². The highest BCUT2D eigenvalue weighted by molar-refractivity contribution is 5.66. The van der Waals surface area contributed by atoms with E-state index >= 15 is 0 Å². The van der Waals surface area contributed by atoms with E-state index in [-0.39, 0.29) is 0 Å². The molecule has 0 radical (unpaired) electrons. The zero-order valence-electron chi connectivity index (χ0n) is 12.2. The van der Waals surface area contributed by atoms with E-state index in [0.717, 1.165) is 12.8 Å². The van der Waals surface area contributed by atoms with Gasteiger partial charge >= 0.3 is 5.97 Å². The standard InChI is InChI=1S/C16H30O2/c1-3-5-7-11-15(12-8-6-4-2)13-9-10-14-16(17)18/h13H,3-12,14H2,1-2H3,(H,17,18). The molecule has 0 spiro atoms. The average molecular weight is 254 g/mol. The van der Waals surface area contributed by atoms with Gasteiger partial charge < -0.3 is 5.11 Å². The third-order valence-corrected chi connectivity index (χ3v) is 3.23. The van der Waals surface area contributed by atoms with Gasteiger partial charge in [0.05, 0.1) is 0 Å². The first-order valence-electron chi connectivity index (χ1n) is 7.60. The van der Waals surface area contributed by atoms with Crippen molar-refractivity contribution in [2.24, 2.45) is 0 Å². The number of carboxylic acids is 1. The summed E-state index contributed by atoms with van der Waals surface area (Å²) < 4.78 is 0. The zero-order valence-corrected chi connectivity index (χ0v) is 12.2. The van der Waals surface area contributed by atoms with Crippen molar-refractivity contribution in [2.45, 2.75) is 84.5 Å². The quantitative estimate of drug-likeness (QED) is 0.377. The Labute approximate surface area is 112 Å². The molecule has 18 heavy (non-hydrogen) atoms. The maximum Gasteiger partial charge on any atom is 0.303 e. The lowest BCUT2D eigenvalue weighted by Gasteiger charge is -2.07. The van der Waals surface area contributed by atoms with Gasteiger partial charge in [-0.15, -0.1) is 0 Å². The smallest absolute Gasteiger partial charge is 0.303 e. The van der Waals surface area contributed by atoms with Crippen molar-refractivity contribution in [2.75, 3.05) is 0 Å². The first kappa shape index (κ1) is 17.2. The highest BCUT2D eigenvalue weighted by Crippen LogP contribution is 2.18. The molecule has 0 amide bonds. The fourth-order valence-electron chi connectivity index (χ4n) is 2.09. The van der Waals surface area contributed by atoms with E-state index in [1.54, 1.807) is 5.57 Å². The number of carboxylic acid groups (broad SMARTS) is 1.